The van der Waals surface area contributed by atoms with Gasteiger partial charge in [0, 0.05) is 11.4 Å². The Balaban J connectivity index is 2.06. The molecule has 0 aromatic heterocycles. The SMILES string of the molecule is CC1(C)CCSC(Nc2ccc(CC#N)cc2)=N1. The maximum Gasteiger partial charge on any atom is 0.161 e. The third-order valence-electron chi connectivity index (χ3n) is 2.85. The highest BCUT2D eigenvalue weighted by atomic mass is 32.2. The highest BCUT2D eigenvalue weighted by molar-refractivity contribution is 8.14. The zero-order chi connectivity index (χ0) is 13.0. The second-order valence-electron chi connectivity index (χ2n) is 4.98. The lowest BCUT2D eigenvalue weighted by Crippen LogP contribution is -2.27. The quantitative estimate of drug-likeness (QED) is 0.885. The van der Waals surface area contributed by atoms with E-state index in [1.807, 2.05) is 24.3 Å². The van der Waals surface area contributed by atoms with Gasteiger partial charge in [-0.05, 0) is 38.0 Å². The van der Waals surface area contributed by atoms with Crippen molar-refractivity contribution in [2.45, 2.75) is 32.2 Å². The summed E-state index contributed by atoms with van der Waals surface area (Å²) in [7, 11) is 0. The Morgan fingerprint density at radius 1 is 1.39 bits per heavy atom. The Morgan fingerprint density at radius 3 is 2.72 bits per heavy atom. The summed E-state index contributed by atoms with van der Waals surface area (Å²) in [6.45, 7) is 4.31. The van der Waals surface area contributed by atoms with Gasteiger partial charge >= 0.3 is 0 Å². The fourth-order valence-corrected chi connectivity index (χ4v) is 3.04. The third-order valence-corrected chi connectivity index (χ3v) is 3.72. The molecule has 1 aliphatic rings. The van der Waals surface area contributed by atoms with E-state index in [9.17, 15) is 0 Å². The van der Waals surface area contributed by atoms with Crippen molar-refractivity contribution in [2.75, 3.05) is 11.1 Å². The Bertz CT molecular complexity index is 483. The van der Waals surface area contributed by atoms with Crippen LogP contribution in [-0.4, -0.2) is 16.5 Å². The molecule has 0 saturated heterocycles. The van der Waals surface area contributed by atoms with Crippen LogP contribution in [-0.2, 0) is 6.42 Å². The van der Waals surface area contributed by atoms with Crippen molar-refractivity contribution in [3.8, 4) is 6.07 Å². The molecule has 0 amide bonds. The molecule has 0 saturated carbocycles. The average Bonchev–Trinajstić information content (AvgIpc) is 2.31. The van der Waals surface area contributed by atoms with Gasteiger partial charge in [0.1, 0.15) is 0 Å². The minimum atomic E-state index is 0.0360. The first-order chi connectivity index (χ1) is 8.59. The molecular formula is C14H17N3S. The van der Waals surface area contributed by atoms with E-state index in [2.05, 4.69) is 30.2 Å². The van der Waals surface area contributed by atoms with E-state index in [-0.39, 0.29) is 5.54 Å². The number of aliphatic imine (C=N–C) groups is 1. The molecule has 1 N–H and O–H groups in total. The second kappa shape index (κ2) is 5.45. The summed E-state index contributed by atoms with van der Waals surface area (Å²) in [4.78, 5) is 4.68. The Labute approximate surface area is 112 Å². The highest BCUT2D eigenvalue weighted by Crippen LogP contribution is 2.26. The molecular weight excluding hydrogens is 242 g/mol. The van der Waals surface area contributed by atoms with Crippen LogP contribution in [0.25, 0.3) is 0 Å². The van der Waals surface area contributed by atoms with Crippen LogP contribution >= 0.6 is 11.8 Å². The fraction of sp³-hybridized carbons (Fsp3) is 0.429. The molecule has 1 aromatic rings. The minimum absolute atomic E-state index is 0.0360. The van der Waals surface area contributed by atoms with Gasteiger partial charge in [0.05, 0.1) is 18.0 Å². The number of amidine groups is 1. The summed E-state index contributed by atoms with van der Waals surface area (Å²) in [6, 6.07) is 10.1. The second-order valence-corrected chi connectivity index (χ2v) is 6.07. The van der Waals surface area contributed by atoms with E-state index in [0.29, 0.717) is 6.42 Å². The van der Waals surface area contributed by atoms with E-state index in [1.165, 1.54) is 0 Å². The van der Waals surface area contributed by atoms with Crippen molar-refractivity contribution in [2.24, 2.45) is 4.99 Å². The smallest absolute Gasteiger partial charge is 0.161 e. The number of anilines is 1. The van der Waals surface area contributed by atoms with Gasteiger partial charge in [0.25, 0.3) is 0 Å². The van der Waals surface area contributed by atoms with Crippen LogP contribution in [0, 0.1) is 11.3 Å². The van der Waals surface area contributed by atoms with Crippen LogP contribution in [0.1, 0.15) is 25.8 Å². The number of rotatable bonds is 2. The molecule has 0 aliphatic carbocycles. The molecule has 2 rings (SSSR count). The molecule has 3 nitrogen and oxygen atoms in total. The highest BCUT2D eigenvalue weighted by Gasteiger charge is 2.22. The van der Waals surface area contributed by atoms with Gasteiger partial charge in [-0.3, -0.25) is 4.99 Å². The number of nitrogens with one attached hydrogen (secondary N) is 1. The van der Waals surface area contributed by atoms with Gasteiger partial charge in [0.2, 0.25) is 0 Å². The maximum absolute atomic E-state index is 8.62. The predicted octanol–water partition coefficient (Wildman–Crippen LogP) is 3.44. The number of thioether (sulfide) groups is 1. The van der Waals surface area contributed by atoms with Crippen molar-refractivity contribution in [3.63, 3.8) is 0 Å². The molecule has 94 valence electrons. The Morgan fingerprint density at radius 2 is 2.11 bits per heavy atom. The standard InChI is InChI=1S/C14H17N3S/c1-14(2)8-10-18-13(17-14)16-12-5-3-11(4-6-12)7-9-15/h3-6H,7-8,10H2,1-2H3,(H,16,17). The Hall–Kier alpha value is -1.47. The summed E-state index contributed by atoms with van der Waals surface area (Å²) in [6.07, 6.45) is 1.58. The first kappa shape index (κ1) is 13.0. The lowest BCUT2D eigenvalue weighted by atomic mass is 10.0. The van der Waals surface area contributed by atoms with Crippen molar-refractivity contribution < 1.29 is 0 Å². The summed E-state index contributed by atoms with van der Waals surface area (Å²) in [5.41, 5.74) is 2.11. The van der Waals surface area contributed by atoms with Gasteiger partial charge in [0.15, 0.2) is 5.17 Å². The number of benzene rings is 1. The molecule has 0 radical (unpaired) electrons. The van der Waals surface area contributed by atoms with Gasteiger partial charge in [-0.1, -0.05) is 23.9 Å². The molecule has 1 heterocycles. The normalized spacial score (nSPS) is 17.7. The molecule has 1 aromatic carbocycles. The lowest BCUT2D eigenvalue weighted by Gasteiger charge is -2.26. The number of hydrogen-bond acceptors (Lipinski definition) is 4. The van der Waals surface area contributed by atoms with E-state index in [1.54, 1.807) is 11.8 Å². The first-order valence-electron chi connectivity index (χ1n) is 6.05. The fourth-order valence-electron chi connectivity index (χ4n) is 1.75. The molecule has 0 unspecified atom stereocenters. The van der Waals surface area contributed by atoms with Crippen LogP contribution in [0.2, 0.25) is 0 Å². The monoisotopic (exact) mass is 259 g/mol. The third kappa shape index (κ3) is 3.51. The number of nitrogens with zero attached hydrogens (tertiary/aromatic N) is 2. The molecule has 0 bridgehead atoms. The van der Waals surface area contributed by atoms with E-state index >= 15 is 0 Å². The molecule has 0 spiro atoms. The predicted molar refractivity (Wildman–Crippen MR) is 78.0 cm³/mol. The zero-order valence-corrected chi connectivity index (χ0v) is 11.5. The largest absolute Gasteiger partial charge is 0.335 e. The Kier molecular flexibility index (Phi) is 3.93. The lowest BCUT2D eigenvalue weighted by molar-refractivity contribution is 0.507. The topological polar surface area (TPSA) is 48.2 Å². The molecule has 1 aliphatic heterocycles. The van der Waals surface area contributed by atoms with Crippen molar-refractivity contribution in [1.29, 1.82) is 5.26 Å². The summed E-state index contributed by atoms with van der Waals surface area (Å²) in [5, 5.41) is 12.9. The van der Waals surface area contributed by atoms with Gasteiger partial charge in [-0.25, -0.2) is 0 Å². The molecule has 18 heavy (non-hydrogen) atoms. The van der Waals surface area contributed by atoms with Crippen LogP contribution in [0.5, 0.6) is 0 Å². The van der Waals surface area contributed by atoms with Crippen LogP contribution in [0.3, 0.4) is 0 Å². The summed E-state index contributed by atoms with van der Waals surface area (Å²) >= 11 is 1.76. The zero-order valence-electron chi connectivity index (χ0n) is 10.7. The minimum Gasteiger partial charge on any atom is -0.335 e. The summed E-state index contributed by atoms with van der Waals surface area (Å²) in [5.74, 6) is 1.10. The average molecular weight is 259 g/mol. The number of nitriles is 1. The van der Waals surface area contributed by atoms with Crippen LogP contribution < -0.4 is 5.32 Å². The van der Waals surface area contributed by atoms with Crippen molar-refractivity contribution in [3.05, 3.63) is 29.8 Å². The maximum atomic E-state index is 8.62. The number of hydrogen-bond donors (Lipinski definition) is 1. The van der Waals surface area contributed by atoms with E-state index < -0.39 is 0 Å². The summed E-state index contributed by atoms with van der Waals surface area (Å²) < 4.78 is 0. The van der Waals surface area contributed by atoms with Crippen molar-refractivity contribution in [1.82, 2.24) is 0 Å². The first-order valence-corrected chi connectivity index (χ1v) is 7.03. The van der Waals surface area contributed by atoms with Gasteiger partial charge < -0.3 is 5.32 Å². The molecule has 0 atom stereocenters. The van der Waals surface area contributed by atoms with Gasteiger partial charge in [-0.2, -0.15) is 5.26 Å². The van der Waals surface area contributed by atoms with Crippen molar-refractivity contribution >= 4 is 22.6 Å². The van der Waals surface area contributed by atoms with Gasteiger partial charge in [-0.15, -0.1) is 0 Å². The van der Waals surface area contributed by atoms with E-state index in [4.69, 9.17) is 5.26 Å². The van der Waals surface area contributed by atoms with E-state index in [0.717, 1.165) is 28.6 Å². The molecule has 0 fully saturated rings. The molecule has 4 heteroatoms. The van der Waals surface area contributed by atoms with Crippen LogP contribution in [0.15, 0.2) is 29.3 Å². The van der Waals surface area contributed by atoms with Crippen LogP contribution in [0.4, 0.5) is 5.69 Å².